The van der Waals surface area contributed by atoms with Gasteiger partial charge in [0, 0.05) is 0 Å². The lowest BCUT2D eigenvalue weighted by Crippen LogP contribution is -2.39. The summed E-state index contributed by atoms with van der Waals surface area (Å²) in [4.78, 5) is 25.9. The highest BCUT2D eigenvalue weighted by Gasteiger charge is 2.40. The minimum absolute atomic E-state index is 0.0394. The van der Waals surface area contributed by atoms with E-state index in [1.807, 2.05) is 6.92 Å². The van der Waals surface area contributed by atoms with Crippen LogP contribution in [0.3, 0.4) is 0 Å². The summed E-state index contributed by atoms with van der Waals surface area (Å²) in [6.45, 7) is 1.99. The molecule has 0 N–H and O–H groups in total. The molecule has 1 aromatic carbocycles. The molecule has 0 spiro atoms. The van der Waals surface area contributed by atoms with E-state index in [9.17, 15) is 9.59 Å². The first kappa shape index (κ1) is 10.3. The highest BCUT2D eigenvalue weighted by molar-refractivity contribution is 6.21. The Kier molecular flexibility index (Phi) is 2.15. The topological polar surface area (TPSA) is 37.4 Å². The number of amides is 2. The molecule has 86 valence electrons. The van der Waals surface area contributed by atoms with Crippen LogP contribution in [-0.2, 0) is 0 Å². The summed E-state index contributed by atoms with van der Waals surface area (Å²) in [6, 6.07) is 7.01. The molecule has 0 bridgehead atoms. The zero-order chi connectivity index (χ0) is 12.0. The van der Waals surface area contributed by atoms with Crippen molar-refractivity contribution in [3.63, 3.8) is 0 Å². The zero-order valence-electron chi connectivity index (χ0n) is 9.64. The summed E-state index contributed by atoms with van der Waals surface area (Å²) >= 11 is 0. The fourth-order valence-electron chi connectivity index (χ4n) is 2.66. The molecule has 1 aliphatic carbocycles. The van der Waals surface area contributed by atoms with Crippen molar-refractivity contribution in [1.82, 2.24) is 4.90 Å². The second-order valence-electron chi connectivity index (χ2n) is 4.57. The number of hydrogen-bond donors (Lipinski definition) is 0. The Bertz CT molecular complexity index is 510. The number of hydrogen-bond acceptors (Lipinski definition) is 2. The fourth-order valence-corrected chi connectivity index (χ4v) is 2.66. The van der Waals surface area contributed by atoms with Crippen molar-refractivity contribution in [3.05, 3.63) is 47.0 Å². The normalized spacial score (nSPS) is 23.0. The van der Waals surface area contributed by atoms with Crippen molar-refractivity contribution < 1.29 is 9.59 Å². The average molecular weight is 227 g/mol. The fraction of sp³-hybridized carbons (Fsp3) is 0.286. The van der Waals surface area contributed by atoms with Gasteiger partial charge in [-0.25, -0.2) is 0 Å². The van der Waals surface area contributed by atoms with Crippen LogP contribution in [0.5, 0.6) is 0 Å². The summed E-state index contributed by atoms with van der Waals surface area (Å²) in [6.07, 6.45) is 3.91. The number of carbonyl (C=O) groups is 2. The van der Waals surface area contributed by atoms with Gasteiger partial charge in [-0.2, -0.15) is 0 Å². The molecule has 1 unspecified atom stereocenters. The molecular formula is C14H13NO2. The lowest BCUT2D eigenvalue weighted by Gasteiger charge is -2.23. The van der Waals surface area contributed by atoms with Crippen LogP contribution in [-0.4, -0.2) is 22.8 Å². The quantitative estimate of drug-likeness (QED) is 0.545. The van der Waals surface area contributed by atoms with Gasteiger partial charge in [-0.3, -0.25) is 14.5 Å². The highest BCUT2D eigenvalue weighted by Crippen LogP contribution is 2.31. The van der Waals surface area contributed by atoms with Crippen LogP contribution < -0.4 is 0 Å². The van der Waals surface area contributed by atoms with E-state index in [4.69, 9.17) is 0 Å². The minimum atomic E-state index is -0.148. The van der Waals surface area contributed by atoms with Gasteiger partial charge in [0.1, 0.15) is 0 Å². The van der Waals surface area contributed by atoms with Gasteiger partial charge in [-0.15, -0.1) is 0 Å². The van der Waals surface area contributed by atoms with Crippen molar-refractivity contribution >= 4 is 11.8 Å². The molecule has 1 aromatic rings. The zero-order valence-corrected chi connectivity index (χ0v) is 9.64. The minimum Gasteiger partial charge on any atom is -0.269 e. The lowest BCUT2D eigenvalue weighted by molar-refractivity contribution is 0.0607. The Morgan fingerprint density at radius 2 is 1.71 bits per heavy atom. The molecule has 0 saturated carbocycles. The van der Waals surface area contributed by atoms with Gasteiger partial charge in [0.25, 0.3) is 11.8 Å². The Hall–Kier alpha value is -1.90. The molecule has 0 fully saturated rings. The van der Waals surface area contributed by atoms with Gasteiger partial charge in [0.05, 0.1) is 17.2 Å². The second-order valence-corrected chi connectivity index (χ2v) is 4.57. The van der Waals surface area contributed by atoms with E-state index in [-0.39, 0.29) is 17.9 Å². The molecule has 2 amide bonds. The SMILES string of the molecule is CC1=CCCC1N1C(=O)c2ccccc2C1=O. The second kappa shape index (κ2) is 3.55. The lowest BCUT2D eigenvalue weighted by atomic mass is 10.1. The van der Waals surface area contributed by atoms with Crippen molar-refractivity contribution in [2.75, 3.05) is 0 Å². The van der Waals surface area contributed by atoms with Crippen LogP contribution in [0.1, 0.15) is 40.5 Å². The Labute approximate surface area is 99.7 Å². The molecular weight excluding hydrogens is 214 g/mol. The number of fused-ring (bicyclic) bond motifs is 1. The third kappa shape index (κ3) is 1.35. The van der Waals surface area contributed by atoms with Crippen molar-refractivity contribution in [2.45, 2.75) is 25.8 Å². The van der Waals surface area contributed by atoms with Crippen LogP contribution in [0.4, 0.5) is 0 Å². The maximum Gasteiger partial charge on any atom is 0.262 e. The Balaban J connectivity index is 2.04. The molecule has 17 heavy (non-hydrogen) atoms. The largest absolute Gasteiger partial charge is 0.269 e. The van der Waals surface area contributed by atoms with Crippen LogP contribution in [0, 0.1) is 0 Å². The van der Waals surface area contributed by atoms with E-state index in [0.717, 1.165) is 18.4 Å². The summed E-state index contributed by atoms with van der Waals surface area (Å²) in [5, 5.41) is 0. The molecule has 1 aliphatic heterocycles. The third-order valence-electron chi connectivity index (χ3n) is 3.57. The monoisotopic (exact) mass is 227 g/mol. The van der Waals surface area contributed by atoms with E-state index in [1.54, 1.807) is 24.3 Å². The van der Waals surface area contributed by atoms with Crippen LogP contribution in [0.15, 0.2) is 35.9 Å². The van der Waals surface area contributed by atoms with Crippen molar-refractivity contribution in [2.24, 2.45) is 0 Å². The van der Waals surface area contributed by atoms with E-state index < -0.39 is 0 Å². The number of rotatable bonds is 1. The standard InChI is InChI=1S/C14H13NO2/c1-9-5-4-8-12(9)15-13(16)10-6-2-3-7-11(10)14(15)17/h2-3,5-7,12H,4,8H2,1H3. The van der Waals surface area contributed by atoms with E-state index in [1.165, 1.54) is 4.90 Å². The molecule has 3 heteroatoms. The van der Waals surface area contributed by atoms with E-state index in [2.05, 4.69) is 6.08 Å². The first-order valence-electron chi connectivity index (χ1n) is 5.83. The van der Waals surface area contributed by atoms with Crippen LogP contribution >= 0.6 is 0 Å². The smallest absolute Gasteiger partial charge is 0.262 e. The van der Waals surface area contributed by atoms with Gasteiger partial charge < -0.3 is 0 Å². The van der Waals surface area contributed by atoms with Gasteiger partial charge >= 0.3 is 0 Å². The van der Waals surface area contributed by atoms with Gasteiger partial charge in [-0.1, -0.05) is 23.8 Å². The van der Waals surface area contributed by atoms with Crippen LogP contribution in [0.2, 0.25) is 0 Å². The molecule has 0 radical (unpaired) electrons. The van der Waals surface area contributed by atoms with Crippen molar-refractivity contribution in [1.29, 1.82) is 0 Å². The van der Waals surface area contributed by atoms with E-state index in [0.29, 0.717) is 11.1 Å². The summed E-state index contributed by atoms with van der Waals surface area (Å²) < 4.78 is 0. The summed E-state index contributed by atoms with van der Waals surface area (Å²) in [7, 11) is 0. The summed E-state index contributed by atoms with van der Waals surface area (Å²) in [5.41, 5.74) is 2.20. The highest BCUT2D eigenvalue weighted by atomic mass is 16.2. The first-order chi connectivity index (χ1) is 8.20. The molecule has 0 saturated heterocycles. The van der Waals surface area contributed by atoms with Gasteiger partial charge in [0.15, 0.2) is 0 Å². The maximum absolute atomic E-state index is 12.2. The Morgan fingerprint density at radius 1 is 1.12 bits per heavy atom. The molecule has 0 aromatic heterocycles. The molecule has 2 aliphatic rings. The third-order valence-corrected chi connectivity index (χ3v) is 3.57. The number of carbonyl (C=O) groups excluding carboxylic acids is 2. The Morgan fingerprint density at radius 3 is 2.18 bits per heavy atom. The molecule has 1 atom stereocenters. The molecule has 3 rings (SSSR count). The number of imide groups is 1. The number of benzene rings is 1. The molecule has 1 heterocycles. The predicted octanol–water partition coefficient (Wildman–Crippen LogP) is 2.39. The summed E-state index contributed by atoms with van der Waals surface area (Å²) in [5.74, 6) is -0.296. The van der Waals surface area contributed by atoms with E-state index >= 15 is 0 Å². The first-order valence-corrected chi connectivity index (χ1v) is 5.83. The van der Waals surface area contributed by atoms with Crippen LogP contribution in [0.25, 0.3) is 0 Å². The predicted molar refractivity (Wildman–Crippen MR) is 63.7 cm³/mol. The maximum atomic E-state index is 12.2. The van der Waals surface area contributed by atoms with Gasteiger partial charge in [0.2, 0.25) is 0 Å². The van der Waals surface area contributed by atoms with Crippen molar-refractivity contribution in [3.8, 4) is 0 Å². The van der Waals surface area contributed by atoms with Gasteiger partial charge in [-0.05, 0) is 31.9 Å². The average Bonchev–Trinajstić information content (AvgIpc) is 2.84. The number of allylic oxidation sites excluding steroid dienone is 1. The molecule has 3 nitrogen and oxygen atoms in total. The number of nitrogens with zero attached hydrogens (tertiary/aromatic N) is 1.